The number of hydrogen-bond acceptors (Lipinski definition) is 3. The molecule has 5 nitrogen and oxygen atoms in total. The minimum atomic E-state index is -3.35. The van der Waals surface area contributed by atoms with E-state index in [0.717, 1.165) is 0 Å². The van der Waals surface area contributed by atoms with Gasteiger partial charge in [-0.15, -0.1) is 0 Å². The lowest BCUT2D eigenvalue weighted by atomic mass is 9.94. The van der Waals surface area contributed by atoms with Crippen molar-refractivity contribution in [2.45, 2.75) is 47.5 Å². The molecule has 19 heavy (non-hydrogen) atoms. The van der Waals surface area contributed by atoms with E-state index in [4.69, 9.17) is 5.11 Å². The van der Waals surface area contributed by atoms with Gasteiger partial charge in [0.2, 0.25) is 10.0 Å². The molecule has 0 amide bonds. The maximum absolute atomic E-state index is 11.9. The number of carboxylic acid groups (broad SMARTS) is 1. The molecular formula is C13H27NO4S. The minimum Gasteiger partial charge on any atom is -0.481 e. The molecule has 0 radical (unpaired) electrons. The summed E-state index contributed by atoms with van der Waals surface area (Å²) in [5, 5.41) is 8.84. The van der Waals surface area contributed by atoms with Crippen LogP contribution in [0, 0.1) is 17.3 Å². The highest BCUT2D eigenvalue weighted by Crippen LogP contribution is 2.17. The molecular weight excluding hydrogens is 266 g/mol. The third kappa shape index (κ3) is 10.9. The number of rotatable bonds is 8. The Hall–Kier alpha value is -0.620. The summed E-state index contributed by atoms with van der Waals surface area (Å²) < 4.78 is 26.3. The van der Waals surface area contributed by atoms with Crippen LogP contribution in [0.4, 0.5) is 0 Å². The SMILES string of the molecule is CC(C)C[C@H](CNS(=O)(=O)CC(C)(C)C)CC(=O)O. The van der Waals surface area contributed by atoms with E-state index >= 15 is 0 Å². The molecule has 0 aliphatic heterocycles. The first-order valence-electron chi connectivity index (χ1n) is 6.60. The molecule has 6 heteroatoms. The van der Waals surface area contributed by atoms with Gasteiger partial charge >= 0.3 is 5.97 Å². The molecule has 1 atom stereocenters. The van der Waals surface area contributed by atoms with Crippen molar-refractivity contribution >= 4 is 16.0 Å². The van der Waals surface area contributed by atoms with Crippen LogP contribution in [0.5, 0.6) is 0 Å². The van der Waals surface area contributed by atoms with E-state index in [1.54, 1.807) is 0 Å². The molecule has 0 rings (SSSR count). The smallest absolute Gasteiger partial charge is 0.303 e. The minimum absolute atomic E-state index is 0.00375. The van der Waals surface area contributed by atoms with E-state index in [9.17, 15) is 13.2 Å². The molecule has 0 aromatic carbocycles. The second-order valence-electron chi connectivity index (χ2n) is 6.76. The molecule has 0 heterocycles. The van der Waals surface area contributed by atoms with Crippen LogP contribution in [-0.2, 0) is 14.8 Å². The first kappa shape index (κ1) is 18.4. The Morgan fingerprint density at radius 2 is 1.79 bits per heavy atom. The van der Waals surface area contributed by atoms with Gasteiger partial charge in [-0.3, -0.25) is 4.79 Å². The monoisotopic (exact) mass is 293 g/mol. The van der Waals surface area contributed by atoms with Crippen molar-refractivity contribution in [3.63, 3.8) is 0 Å². The van der Waals surface area contributed by atoms with E-state index in [1.807, 2.05) is 34.6 Å². The molecule has 0 spiro atoms. The number of sulfonamides is 1. The molecule has 0 fully saturated rings. The van der Waals surface area contributed by atoms with E-state index in [-0.39, 0.29) is 30.1 Å². The first-order valence-corrected chi connectivity index (χ1v) is 8.25. The Morgan fingerprint density at radius 3 is 2.16 bits per heavy atom. The molecule has 0 bridgehead atoms. The van der Waals surface area contributed by atoms with Gasteiger partial charge in [-0.2, -0.15) is 0 Å². The lowest BCUT2D eigenvalue weighted by Crippen LogP contribution is -2.36. The maximum Gasteiger partial charge on any atom is 0.303 e. The predicted molar refractivity (Wildman–Crippen MR) is 76.4 cm³/mol. The number of carbonyl (C=O) groups is 1. The van der Waals surface area contributed by atoms with Crippen molar-refractivity contribution in [3.05, 3.63) is 0 Å². The number of carboxylic acids is 1. The molecule has 0 aromatic rings. The molecule has 114 valence electrons. The van der Waals surface area contributed by atoms with Crippen LogP contribution < -0.4 is 4.72 Å². The van der Waals surface area contributed by atoms with Crippen molar-refractivity contribution in [2.24, 2.45) is 17.3 Å². The summed E-state index contributed by atoms with van der Waals surface area (Å²) in [6.07, 6.45) is 0.695. The fraction of sp³-hybridized carbons (Fsp3) is 0.923. The second-order valence-corrected chi connectivity index (χ2v) is 8.57. The zero-order valence-corrected chi connectivity index (χ0v) is 13.4. The van der Waals surface area contributed by atoms with Gasteiger partial charge in [0.1, 0.15) is 0 Å². The molecule has 0 unspecified atom stereocenters. The standard InChI is InChI=1S/C13H27NO4S/c1-10(2)6-11(7-12(15)16)8-14-19(17,18)9-13(3,4)5/h10-11,14H,6-9H2,1-5H3,(H,15,16)/t11-/m0/s1. The predicted octanol–water partition coefficient (Wildman–Crippen LogP) is 2.09. The van der Waals surface area contributed by atoms with Gasteiger partial charge in [0.05, 0.1) is 5.75 Å². The number of nitrogens with one attached hydrogen (secondary N) is 1. The van der Waals surface area contributed by atoms with Gasteiger partial charge in [-0.25, -0.2) is 13.1 Å². The average Bonchev–Trinajstić information content (AvgIpc) is 2.08. The molecule has 0 aromatic heterocycles. The lowest BCUT2D eigenvalue weighted by Gasteiger charge is -2.21. The van der Waals surface area contributed by atoms with E-state index in [1.165, 1.54) is 0 Å². The van der Waals surface area contributed by atoms with Crippen molar-refractivity contribution in [1.82, 2.24) is 4.72 Å². The zero-order chi connectivity index (χ0) is 15.3. The lowest BCUT2D eigenvalue weighted by molar-refractivity contribution is -0.138. The topological polar surface area (TPSA) is 83.5 Å². The summed E-state index contributed by atoms with van der Waals surface area (Å²) in [4.78, 5) is 10.8. The van der Waals surface area contributed by atoms with Crippen LogP contribution in [0.3, 0.4) is 0 Å². The molecule has 2 N–H and O–H groups in total. The van der Waals surface area contributed by atoms with Crippen LogP contribution in [-0.4, -0.2) is 31.8 Å². The first-order chi connectivity index (χ1) is 8.41. The van der Waals surface area contributed by atoms with Crippen LogP contribution in [0.1, 0.15) is 47.5 Å². The fourth-order valence-corrected chi connectivity index (χ4v) is 3.75. The van der Waals surface area contributed by atoms with Gasteiger partial charge in [-0.05, 0) is 23.7 Å². The molecule has 0 aliphatic carbocycles. The second kappa shape index (κ2) is 7.24. The summed E-state index contributed by atoms with van der Waals surface area (Å²) in [5.41, 5.74) is -0.313. The Labute approximate surface area is 116 Å². The fourth-order valence-electron chi connectivity index (χ4n) is 2.02. The van der Waals surface area contributed by atoms with Gasteiger partial charge in [-0.1, -0.05) is 34.6 Å². The maximum atomic E-state index is 11.9. The third-order valence-corrected chi connectivity index (χ3v) is 4.34. The Morgan fingerprint density at radius 1 is 1.26 bits per heavy atom. The van der Waals surface area contributed by atoms with E-state index in [0.29, 0.717) is 12.3 Å². The van der Waals surface area contributed by atoms with Gasteiger partial charge < -0.3 is 5.11 Å². The largest absolute Gasteiger partial charge is 0.481 e. The van der Waals surface area contributed by atoms with E-state index in [2.05, 4.69) is 4.72 Å². The van der Waals surface area contributed by atoms with Gasteiger partial charge in [0.15, 0.2) is 0 Å². The summed E-state index contributed by atoms with van der Waals surface area (Å²) >= 11 is 0. The Kier molecular flexibility index (Phi) is 7.00. The summed E-state index contributed by atoms with van der Waals surface area (Å²) in [5.74, 6) is -0.661. The Balaban J connectivity index is 4.49. The van der Waals surface area contributed by atoms with Gasteiger partial charge in [0.25, 0.3) is 0 Å². The molecule has 0 saturated heterocycles. The van der Waals surface area contributed by atoms with Crippen LogP contribution in [0.2, 0.25) is 0 Å². The Bertz CT molecular complexity index is 382. The number of hydrogen-bond donors (Lipinski definition) is 2. The van der Waals surface area contributed by atoms with Crippen molar-refractivity contribution < 1.29 is 18.3 Å². The number of aliphatic carboxylic acids is 1. The normalized spacial score (nSPS) is 14.6. The van der Waals surface area contributed by atoms with Crippen LogP contribution >= 0.6 is 0 Å². The van der Waals surface area contributed by atoms with Crippen LogP contribution in [0.25, 0.3) is 0 Å². The highest BCUT2D eigenvalue weighted by Gasteiger charge is 2.23. The van der Waals surface area contributed by atoms with Gasteiger partial charge in [0, 0.05) is 13.0 Å². The van der Waals surface area contributed by atoms with Crippen molar-refractivity contribution in [1.29, 1.82) is 0 Å². The van der Waals surface area contributed by atoms with Crippen molar-refractivity contribution in [2.75, 3.05) is 12.3 Å². The highest BCUT2D eigenvalue weighted by molar-refractivity contribution is 7.89. The van der Waals surface area contributed by atoms with Crippen LogP contribution in [0.15, 0.2) is 0 Å². The average molecular weight is 293 g/mol. The summed E-state index contributed by atoms with van der Waals surface area (Å²) in [7, 11) is -3.35. The third-order valence-electron chi connectivity index (χ3n) is 2.48. The molecule has 0 saturated carbocycles. The summed E-state index contributed by atoms with van der Waals surface area (Å²) in [6.45, 7) is 9.76. The summed E-state index contributed by atoms with van der Waals surface area (Å²) in [6, 6.07) is 0. The van der Waals surface area contributed by atoms with E-state index < -0.39 is 16.0 Å². The molecule has 0 aliphatic rings. The van der Waals surface area contributed by atoms with Crippen molar-refractivity contribution in [3.8, 4) is 0 Å². The zero-order valence-electron chi connectivity index (χ0n) is 12.6. The highest BCUT2D eigenvalue weighted by atomic mass is 32.2. The quantitative estimate of drug-likeness (QED) is 0.718.